The van der Waals surface area contributed by atoms with Gasteiger partial charge >= 0.3 is 6.18 Å². The molecular weight excluding hydrogens is 415 g/mol. The highest BCUT2D eigenvalue weighted by Crippen LogP contribution is 2.37. The summed E-state index contributed by atoms with van der Waals surface area (Å²) in [6, 6.07) is 0.139. The molecule has 2 aliphatic rings. The topological polar surface area (TPSA) is 96.1 Å². The minimum Gasteiger partial charge on any atom is -0.488 e. The molecule has 0 saturated heterocycles. The second kappa shape index (κ2) is 7.26. The summed E-state index contributed by atoms with van der Waals surface area (Å²) in [7, 11) is 0. The zero-order valence-corrected chi connectivity index (χ0v) is 15.2. The van der Waals surface area contributed by atoms with Gasteiger partial charge in [0, 0.05) is 23.4 Å². The van der Waals surface area contributed by atoms with Gasteiger partial charge < -0.3 is 15.4 Å². The predicted octanol–water partition coefficient (Wildman–Crippen LogP) is 2.48. The molecule has 3 N–H and O–H groups in total. The molecule has 0 spiro atoms. The Morgan fingerprint density at radius 2 is 2.03 bits per heavy atom. The maximum absolute atomic E-state index is 13.9. The van der Waals surface area contributed by atoms with Crippen LogP contribution in [0.4, 0.5) is 27.6 Å². The number of aryl methyl sites for hydroxylation is 1. The highest BCUT2D eigenvalue weighted by molar-refractivity contribution is 6.02. The van der Waals surface area contributed by atoms with Crippen LogP contribution in [0.3, 0.4) is 0 Å². The molecule has 12 heteroatoms. The lowest BCUT2D eigenvalue weighted by molar-refractivity contribution is -0.177. The van der Waals surface area contributed by atoms with Gasteiger partial charge in [-0.05, 0) is 19.3 Å². The quantitative estimate of drug-likeness (QED) is 0.638. The second-order valence-corrected chi connectivity index (χ2v) is 7.10. The van der Waals surface area contributed by atoms with Crippen LogP contribution in [-0.2, 0) is 17.6 Å². The van der Waals surface area contributed by atoms with E-state index >= 15 is 0 Å². The Balaban J connectivity index is 1.51. The van der Waals surface area contributed by atoms with Crippen molar-refractivity contribution in [2.75, 3.05) is 11.9 Å². The number of alkyl halides is 3. The molecule has 1 aromatic carbocycles. The van der Waals surface area contributed by atoms with Crippen molar-refractivity contribution >= 4 is 17.5 Å². The van der Waals surface area contributed by atoms with Gasteiger partial charge in [-0.25, -0.2) is 8.78 Å². The van der Waals surface area contributed by atoms with Crippen LogP contribution in [0.15, 0.2) is 12.1 Å². The normalized spacial score (nSPS) is 21.0. The molecule has 2 atom stereocenters. The zero-order valence-electron chi connectivity index (χ0n) is 15.2. The van der Waals surface area contributed by atoms with Gasteiger partial charge in [-0.3, -0.25) is 14.7 Å². The van der Waals surface area contributed by atoms with Crippen molar-refractivity contribution in [3.05, 3.63) is 40.7 Å². The largest absolute Gasteiger partial charge is 0.488 e. The average Bonchev–Trinajstić information content (AvgIpc) is 3.03. The number of nitrogens with zero attached hydrogens (tertiary/aromatic N) is 1. The summed E-state index contributed by atoms with van der Waals surface area (Å²) in [5, 5.41) is 10.9. The highest BCUT2D eigenvalue weighted by Gasteiger charge is 2.43. The molecule has 0 bridgehead atoms. The average molecular weight is 430 g/mol. The van der Waals surface area contributed by atoms with E-state index in [1.54, 1.807) is 0 Å². The molecule has 2 unspecified atom stereocenters. The number of carbonyl (C=O) groups excluding carboxylic acids is 2. The molecule has 2 aromatic rings. The molecule has 1 aromatic heterocycles. The Labute approximate surface area is 166 Å². The Kier molecular flexibility index (Phi) is 4.86. The van der Waals surface area contributed by atoms with Crippen molar-refractivity contribution in [3.63, 3.8) is 0 Å². The fourth-order valence-corrected chi connectivity index (χ4v) is 3.54. The monoisotopic (exact) mass is 430 g/mol. The summed E-state index contributed by atoms with van der Waals surface area (Å²) >= 11 is 0. The van der Waals surface area contributed by atoms with Crippen molar-refractivity contribution in [1.82, 2.24) is 15.5 Å². The fourth-order valence-electron chi connectivity index (χ4n) is 3.54. The van der Waals surface area contributed by atoms with Gasteiger partial charge in [0.1, 0.15) is 29.9 Å². The van der Waals surface area contributed by atoms with Gasteiger partial charge in [0.05, 0.1) is 5.92 Å². The molecule has 0 radical (unpaired) electrons. The number of anilines is 1. The fraction of sp³-hybridized carbons (Fsp3) is 0.389. The van der Waals surface area contributed by atoms with Crippen LogP contribution in [0.5, 0.6) is 5.75 Å². The standard InChI is InChI=1S/C18H15F5N4O3/c19-8-4-10(20)15-13(5-8)30-6-12(16(28)25-15)24-17(29)14-9-3-7(18(21,22)23)1-2-11(9)26-27-14/h4-5,7,12H,1-3,6H2,(H,24,29)(H,25,28)(H,26,27). The first-order valence-corrected chi connectivity index (χ1v) is 9.00. The second-order valence-electron chi connectivity index (χ2n) is 7.10. The number of ether oxygens (including phenoxy) is 1. The Morgan fingerprint density at radius 1 is 1.27 bits per heavy atom. The zero-order chi connectivity index (χ0) is 21.6. The number of aromatic amines is 1. The number of nitrogens with one attached hydrogen (secondary N) is 3. The third-order valence-electron chi connectivity index (χ3n) is 5.12. The molecule has 2 heterocycles. The van der Waals surface area contributed by atoms with Gasteiger partial charge in [0.2, 0.25) is 0 Å². The lowest BCUT2D eigenvalue weighted by Crippen LogP contribution is -2.46. The van der Waals surface area contributed by atoms with E-state index < -0.39 is 54.6 Å². The SMILES string of the molecule is O=C(NC1COc2cc(F)cc(F)c2NC1=O)c1n[nH]c2c1CC(C(F)(F)F)CC2. The van der Waals surface area contributed by atoms with Crippen LogP contribution in [0.1, 0.15) is 28.2 Å². The predicted molar refractivity (Wildman–Crippen MR) is 91.9 cm³/mol. The Bertz CT molecular complexity index is 1020. The molecule has 4 rings (SSSR count). The van der Waals surface area contributed by atoms with Gasteiger partial charge in [0.25, 0.3) is 11.8 Å². The summed E-state index contributed by atoms with van der Waals surface area (Å²) < 4.78 is 71.7. The number of aromatic nitrogens is 2. The maximum atomic E-state index is 13.9. The molecule has 30 heavy (non-hydrogen) atoms. The first kappa shape index (κ1) is 20.1. The van der Waals surface area contributed by atoms with E-state index in [-0.39, 0.29) is 35.5 Å². The third-order valence-corrected chi connectivity index (χ3v) is 5.12. The van der Waals surface area contributed by atoms with Crippen molar-refractivity contribution < 1.29 is 36.3 Å². The van der Waals surface area contributed by atoms with Crippen LogP contribution in [0.2, 0.25) is 0 Å². The lowest BCUT2D eigenvalue weighted by atomic mass is 9.86. The molecule has 0 fully saturated rings. The van der Waals surface area contributed by atoms with Crippen LogP contribution in [-0.4, -0.2) is 40.8 Å². The summed E-state index contributed by atoms with van der Waals surface area (Å²) in [4.78, 5) is 25.0. The van der Waals surface area contributed by atoms with E-state index in [2.05, 4.69) is 20.8 Å². The van der Waals surface area contributed by atoms with Gasteiger partial charge in [-0.1, -0.05) is 0 Å². The maximum Gasteiger partial charge on any atom is 0.392 e. The van der Waals surface area contributed by atoms with E-state index in [1.807, 2.05) is 0 Å². The van der Waals surface area contributed by atoms with Gasteiger partial charge in [-0.2, -0.15) is 18.3 Å². The highest BCUT2D eigenvalue weighted by atomic mass is 19.4. The number of hydrogen-bond acceptors (Lipinski definition) is 4. The number of amides is 2. The molecular formula is C18H15F5N4O3. The van der Waals surface area contributed by atoms with E-state index in [9.17, 15) is 31.5 Å². The van der Waals surface area contributed by atoms with Crippen LogP contribution >= 0.6 is 0 Å². The molecule has 160 valence electrons. The summed E-state index contributed by atoms with van der Waals surface area (Å²) in [5.41, 5.74) is -0.0337. The summed E-state index contributed by atoms with van der Waals surface area (Å²) in [6.07, 6.45) is -4.82. The van der Waals surface area contributed by atoms with E-state index in [4.69, 9.17) is 4.74 Å². The van der Waals surface area contributed by atoms with Crippen LogP contribution < -0.4 is 15.4 Å². The van der Waals surface area contributed by atoms with E-state index in [0.717, 1.165) is 6.07 Å². The Morgan fingerprint density at radius 3 is 2.77 bits per heavy atom. The van der Waals surface area contributed by atoms with E-state index in [1.165, 1.54) is 0 Å². The van der Waals surface area contributed by atoms with Crippen molar-refractivity contribution in [2.24, 2.45) is 5.92 Å². The van der Waals surface area contributed by atoms with Gasteiger partial charge in [-0.15, -0.1) is 0 Å². The number of fused-ring (bicyclic) bond motifs is 2. The summed E-state index contributed by atoms with van der Waals surface area (Å²) in [6.45, 7) is -0.439. The minimum atomic E-state index is -4.40. The molecule has 2 amide bonds. The van der Waals surface area contributed by atoms with Crippen molar-refractivity contribution in [3.8, 4) is 5.75 Å². The van der Waals surface area contributed by atoms with Crippen LogP contribution in [0, 0.1) is 17.6 Å². The lowest BCUT2D eigenvalue weighted by Gasteiger charge is -2.24. The van der Waals surface area contributed by atoms with Crippen molar-refractivity contribution in [2.45, 2.75) is 31.5 Å². The number of benzene rings is 1. The third kappa shape index (κ3) is 3.68. The molecule has 1 aliphatic heterocycles. The Hall–Kier alpha value is -3.18. The molecule has 0 saturated carbocycles. The minimum absolute atomic E-state index is 0.0902. The van der Waals surface area contributed by atoms with Crippen molar-refractivity contribution in [1.29, 1.82) is 0 Å². The number of H-pyrrole nitrogens is 1. The molecule has 1 aliphatic carbocycles. The number of hydrogen-bond donors (Lipinski definition) is 3. The van der Waals surface area contributed by atoms with E-state index in [0.29, 0.717) is 11.8 Å². The number of carbonyl (C=O) groups is 2. The number of rotatable bonds is 2. The van der Waals surface area contributed by atoms with Crippen LogP contribution in [0.25, 0.3) is 0 Å². The summed E-state index contributed by atoms with van der Waals surface area (Å²) in [5.74, 6) is -5.51. The van der Waals surface area contributed by atoms with Gasteiger partial charge in [0.15, 0.2) is 11.5 Å². The smallest absolute Gasteiger partial charge is 0.392 e. The molecule has 7 nitrogen and oxygen atoms in total. The first-order valence-electron chi connectivity index (χ1n) is 9.00. The first-order chi connectivity index (χ1) is 14.1. The number of halogens is 5.